The number of halogens is 1. The number of carboxylic acids is 1. The second-order valence-electron chi connectivity index (χ2n) is 3.42. The molecule has 0 saturated carbocycles. The molecule has 0 aliphatic carbocycles. The molecule has 0 bridgehead atoms. The van der Waals surface area contributed by atoms with Crippen LogP contribution in [-0.2, 0) is 4.79 Å². The molecular formula is C11H14BrNO3. The van der Waals surface area contributed by atoms with E-state index < -0.39 is 5.97 Å². The molecule has 5 heteroatoms. The van der Waals surface area contributed by atoms with Crippen LogP contribution in [0.1, 0.15) is 17.9 Å². The fourth-order valence-electron chi connectivity index (χ4n) is 1.50. The Kier molecular flexibility index (Phi) is 4.76. The second-order valence-corrected chi connectivity index (χ2v) is 4.27. The largest absolute Gasteiger partial charge is 0.497 e. The van der Waals surface area contributed by atoms with Crippen molar-refractivity contribution in [1.29, 1.82) is 0 Å². The van der Waals surface area contributed by atoms with Crippen LogP contribution in [0, 0.1) is 0 Å². The molecule has 0 aromatic heterocycles. The minimum Gasteiger partial charge on any atom is -0.497 e. The Morgan fingerprint density at radius 3 is 2.75 bits per heavy atom. The Hall–Kier alpha value is -1.07. The van der Waals surface area contributed by atoms with Gasteiger partial charge in [0.15, 0.2) is 0 Å². The van der Waals surface area contributed by atoms with E-state index in [0.29, 0.717) is 6.54 Å². The van der Waals surface area contributed by atoms with E-state index in [4.69, 9.17) is 15.6 Å². The number of carboxylic acid groups (broad SMARTS) is 1. The van der Waals surface area contributed by atoms with Gasteiger partial charge in [0, 0.05) is 10.4 Å². The zero-order chi connectivity index (χ0) is 12.1. The summed E-state index contributed by atoms with van der Waals surface area (Å²) < 4.78 is 5.89. The lowest BCUT2D eigenvalue weighted by atomic mass is 9.96. The van der Waals surface area contributed by atoms with Gasteiger partial charge in [-0.15, -0.1) is 0 Å². The second kappa shape index (κ2) is 5.86. The van der Waals surface area contributed by atoms with E-state index in [-0.39, 0.29) is 12.3 Å². The summed E-state index contributed by atoms with van der Waals surface area (Å²) in [7, 11) is 1.58. The van der Waals surface area contributed by atoms with Gasteiger partial charge >= 0.3 is 5.97 Å². The van der Waals surface area contributed by atoms with Crippen molar-refractivity contribution < 1.29 is 14.6 Å². The number of aliphatic carboxylic acids is 1. The molecule has 16 heavy (non-hydrogen) atoms. The van der Waals surface area contributed by atoms with Crippen LogP contribution >= 0.6 is 15.9 Å². The minimum absolute atomic E-state index is 0.0292. The average molecular weight is 288 g/mol. The van der Waals surface area contributed by atoms with Crippen molar-refractivity contribution in [3.63, 3.8) is 0 Å². The quantitative estimate of drug-likeness (QED) is 0.869. The maximum atomic E-state index is 10.7. The fourth-order valence-corrected chi connectivity index (χ4v) is 2.18. The van der Waals surface area contributed by atoms with Crippen LogP contribution in [0.3, 0.4) is 0 Å². The molecule has 0 radical (unpaired) electrons. The van der Waals surface area contributed by atoms with Crippen LogP contribution in [0.4, 0.5) is 0 Å². The maximum absolute atomic E-state index is 10.7. The number of rotatable bonds is 5. The zero-order valence-corrected chi connectivity index (χ0v) is 10.5. The number of hydrogen-bond donors (Lipinski definition) is 2. The predicted octanol–water partition coefficient (Wildman–Crippen LogP) is 1.97. The molecule has 0 aliphatic heterocycles. The van der Waals surface area contributed by atoms with Crippen LogP contribution in [0.25, 0.3) is 0 Å². The molecule has 3 N–H and O–H groups in total. The molecule has 1 unspecified atom stereocenters. The first kappa shape index (κ1) is 13.0. The van der Waals surface area contributed by atoms with Crippen molar-refractivity contribution in [2.24, 2.45) is 5.73 Å². The van der Waals surface area contributed by atoms with E-state index in [1.807, 2.05) is 6.07 Å². The van der Waals surface area contributed by atoms with Gasteiger partial charge in [-0.05, 0) is 24.2 Å². The number of nitrogens with two attached hydrogens (primary N) is 1. The van der Waals surface area contributed by atoms with E-state index in [0.717, 1.165) is 15.8 Å². The standard InChI is InChI=1S/C11H14BrNO3/c1-16-8-2-3-9(10(12)5-8)7(6-13)4-11(14)15/h2-3,5,7H,4,6,13H2,1H3,(H,14,15). The summed E-state index contributed by atoms with van der Waals surface area (Å²) in [5.74, 6) is -0.308. The third-order valence-electron chi connectivity index (χ3n) is 2.35. The maximum Gasteiger partial charge on any atom is 0.304 e. The molecule has 1 rings (SSSR count). The Labute approximate surface area is 103 Å². The lowest BCUT2D eigenvalue weighted by Gasteiger charge is -2.15. The molecule has 0 heterocycles. The SMILES string of the molecule is COc1ccc(C(CN)CC(=O)O)c(Br)c1. The Bertz CT molecular complexity index is 381. The lowest BCUT2D eigenvalue weighted by molar-refractivity contribution is -0.137. The first-order valence-electron chi connectivity index (χ1n) is 4.83. The van der Waals surface area contributed by atoms with E-state index >= 15 is 0 Å². The summed E-state index contributed by atoms with van der Waals surface area (Å²) in [6.07, 6.45) is 0.0292. The van der Waals surface area contributed by atoms with Crippen LogP contribution < -0.4 is 10.5 Å². The molecule has 1 aromatic carbocycles. The third kappa shape index (κ3) is 3.21. The fraction of sp³-hybridized carbons (Fsp3) is 0.364. The van der Waals surface area contributed by atoms with Gasteiger partial charge in [-0.1, -0.05) is 22.0 Å². The van der Waals surface area contributed by atoms with Crippen molar-refractivity contribution in [3.8, 4) is 5.75 Å². The minimum atomic E-state index is -0.849. The monoisotopic (exact) mass is 287 g/mol. The molecule has 88 valence electrons. The van der Waals surface area contributed by atoms with Crippen LogP contribution in [0.2, 0.25) is 0 Å². The molecule has 1 aromatic rings. The van der Waals surface area contributed by atoms with E-state index in [9.17, 15) is 4.79 Å². The Morgan fingerprint density at radius 2 is 2.31 bits per heavy atom. The van der Waals surface area contributed by atoms with E-state index in [1.54, 1.807) is 19.2 Å². The lowest BCUT2D eigenvalue weighted by Crippen LogP contribution is -2.16. The molecule has 1 atom stereocenters. The summed E-state index contributed by atoms with van der Waals surface area (Å²) in [5, 5.41) is 8.77. The summed E-state index contributed by atoms with van der Waals surface area (Å²) in [6, 6.07) is 5.44. The topological polar surface area (TPSA) is 72.5 Å². The van der Waals surface area contributed by atoms with Crippen LogP contribution in [-0.4, -0.2) is 24.7 Å². The van der Waals surface area contributed by atoms with Crippen molar-refractivity contribution >= 4 is 21.9 Å². The van der Waals surface area contributed by atoms with E-state index in [1.165, 1.54) is 0 Å². The van der Waals surface area contributed by atoms with Gasteiger partial charge in [0.05, 0.1) is 13.5 Å². The molecule has 0 fully saturated rings. The smallest absolute Gasteiger partial charge is 0.304 e. The highest BCUT2D eigenvalue weighted by molar-refractivity contribution is 9.10. The third-order valence-corrected chi connectivity index (χ3v) is 3.04. The van der Waals surface area contributed by atoms with Gasteiger partial charge < -0.3 is 15.6 Å². The number of hydrogen-bond acceptors (Lipinski definition) is 3. The van der Waals surface area contributed by atoms with Crippen molar-refractivity contribution in [1.82, 2.24) is 0 Å². The van der Waals surface area contributed by atoms with Crippen LogP contribution in [0.5, 0.6) is 5.75 Å². The average Bonchev–Trinajstić information content (AvgIpc) is 2.25. The first-order chi connectivity index (χ1) is 7.58. The number of benzene rings is 1. The normalized spacial score (nSPS) is 12.2. The Morgan fingerprint density at radius 1 is 1.62 bits per heavy atom. The molecular weight excluding hydrogens is 274 g/mol. The van der Waals surface area contributed by atoms with Crippen molar-refractivity contribution in [2.45, 2.75) is 12.3 Å². The zero-order valence-electron chi connectivity index (χ0n) is 8.94. The number of carbonyl (C=O) groups is 1. The molecule has 4 nitrogen and oxygen atoms in total. The van der Waals surface area contributed by atoms with Crippen molar-refractivity contribution in [3.05, 3.63) is 28.2 Å². The van der Waals surface area contributed by atoms with Gasteiger partial charge in [0.25, 0.3) is 0 Å². The van der Waals surface area contributed by atoms with Crippen LogP contribution in [0.15, 0.2) is 22.7 Å². The van der Waals surface area contributed by atoms with Gasteiger partial charge in [-0.2, -0.15) is 0 Å². The van der Waals surface area contributed by atoms with Gasteiger partial charge in [0.1, 0.15) is 5.75 Å². The highest BCUT2D eigenvalue weighted by Crippen LogP contribution is 2.30. The molecule has 0 aliphatic rings. The summed E-state index contributed by atoms with van der Waals surface area (Å²) in [6.45, 7) is 0.303. The molecule has 0 spiro atoms. The highest BCUT2D eigenvalue weighted by atomic mass is 79.9. The number of ether oxygens (including phenoxy) is 1. The molecule has 0 saturated heterocycles. The number of methoxy groups -OCH3 is 1. The highest BCUT2D eigenvalue weighted by Gasteiger charge is 2.16. The van der Waals surface area contributed by atoms with Gasteiger partial charge in [0.2, 0.25) is 0 Å². The Balaban J connectivity index is 2.96. The predicted molar refractivity (Wildman–Crippen MR) is 64.7 cm³/mol. The first-order valence-corrected chi connectivity index (χ1v) is 5.63. The summed E-state index contributed by atoms with van der Waals surface area (Å²) in [5.41, 5.74) is 6.47. The van der Waals surface area contributed by atoms with E-state index in [2.05, 4.69) is 15.9 Å². The van der Waals surface area contributed by atoms with Gasteiger partial charge in [-0.25, -0.2) is 0 Å². The summed E-state index contributed by atoms with van der Waals surface area (Å²) >= 11 is 3.39. The summed E-state index contributed by atoms with van der Waals surface area (Å²) in [4.78, 5) is 10.7. The van der Waals surface area contributed by atoms with Crippen molar-refractivity contribution in [2.75, 3.05) is 13.7 Å². The molecule has 0 amide bonds. The van der Waals surface area contributed by atoms with Gasteiger partial charge in [-0.3, -0.25) is 4.79 Å².